The molecule has 1 amide bonds. The summed E-state index contributed by atoms with van der Waals surface area (Å²) in [5, 5.41) is 0. The average molecular weight is 554 g/mol. The van der Waals surface area contributed by atoms with E-state index >= 15 is 0 Å². The summed E-state index contributed by atoms with van der Waals surface area (Å²) in [5.74, 6) is -0.199. The Kier molecular flexibility index (Phi) is 8.33. The van der Waals surface area contributed by atoms with E-state index in [0.717, 1.165) is 11.1 Å². The number of anilines is 1. The largest absolute Gasteiger partial charge is 0.339 e. The summed E-state index contributed by atoms with van der Waals surface area (Å²) in [6.07, 6.45) is 0. The summed E-state index contributed by atoms with van der Waals surface area (Å²) in [5.41, 5.74) is 4.71. The minimum absolute atomic E-state index is 0.0880. The van der Waals surface area contributed by atoms with Gasteiger partial charge in [0.05, 0.1) is 16.6 Å². The van der Waals surface area contributed by atoms with Gasteiger partial charge in [0.25, 0.3) is 10.0 Å². The molecule has 7 heteroatoms. The van der Waals surface area contributed by atoms with Crippen molar-refractivity contribution in [1.29, 1.82) is 0 Å². The SMILES string of the molecule is Cc1ccc(S(=O)(=O)N(CC(=O)N2CCN(C(c3ccccc3)c3ccccc3)CC2)c2ccccc2C)cc1. The summed E-state index contributed by atoms with van der Waals surface area (Å²) >= 11 is 0. The highest BCUT2D eigenvalue weighted by Crippen LogP contribution is 2.30. The van der Waals surface area contributed by atoms with Crippen LogP contribution in [-0.2, 0) is 14.8 Å². The number of carbonyl (C=O) groups excluding carboxylic acids is 1. The first-order valence-corrected chi connectivity index (χ1v) is 15.1. The molecule has 1 aliphatic rings. The Balaban J connectivity index is 1.36. The van der Waals surface area contributed by atoms with Crippen LogP contribution in [-0.4, -0.2) is 56.8 Å². The monoisotopic (exact) mass is 553 g/mol. The molecule has 4 aromatic rings. The van der Waals surface area contributed by atoms with E-state index < -0.39 is 10.0 Å². The zero-order valence-electron chi connectivity index (χ0n) is 23.0. The number of nitrogens with zero attached hydrogens (tertiary/aromatic N) is 3. The van der Waals surface area contributed by atoms with Crippen molar-refractivity contribution < 1.29 is 13.2 Å². The van der Waals surface area contributed by atoms with Crippen molar-refractivity contribution in [2.24, 2.45) is 0 Å². The third kappa shape index (κ3) is 5.96. The van der Waals surface area contributed by atoms with E-state index in [1.165, 1.54) is 15.4 Å². The summed E-state index contributed by atoms with van der Waals surface area (Å²) in [7, 11) is -3.95. The molecule has 0 saturated carbocycles. The maximum absolute atomic E-state index is 13.8. The molecule has 1 heterocycles. The van der Waals surface area contributed by atoms with Crippen molar-refractivity contribution >= 4 is 21.6 Å². The molecule has 5 rings (SSSR count). The molecular weight excluding hydrogens is 518 g/mol. The zero-order chi connectivity index (χ0) is 28.1. The molecule has 1 fully saturated rings. The van der Waals surface area contributed by atoms with E-state index in [-0.39, 0.29) is 23.4 Å². The first-order chi connectivity index (χ1) is 19.3. The van der Waals surface area contributed by atoms with E-state index in [1.54, 1.807) is 41.3 Å². The number of hydrogen-bond acceptors (Lipinski definition) is 4. The second kappa shape index (κ2) is 12.1. The Morgan fingerprint density at radius 1 is 0.725 bits per heavy atom. The molecule has 1 aliphatic heterocycles. The van der Waals surface area contributed by atoms with Gasteiger partial charge in [0.2, 0.25) is 5.91 Å². The number of carbonyl (C=O) groups is 1. The minimum atomic E-state index is -3.95. The Labute approximate surface area is 237 Å². The van der Waals surface area contributed by atoms with Crippen LogP contribution in [0.5, 0.6) is 0 Å². The van der Waals surface area contributed by atoms with Gasteiger partial charge in [0, 0.05) is 26.2 Å². The van der Waals surface area contributed by atoms with Crippen LogP contribution in [0.15, 0.2) is 114 Å². The molecule has 0 aliphatic carbocycles. The van der Waals surface area contributed by atoms with Gasteiger partial charge in [0.15, 0.2) is 0 Å². The Hall–Kier alpha value is -3.94. The number of piperazine rings is 1. The topological polar surface area (TPSA) is 60.9 Å². The summed E-state index contributed by atoms with van der Waals surface area (Å²) in [6.45, 7) is 5.97. The molecule has 0 atom stereocenters. The van der Waals surface area contributed by atoms with Gasteiger partial charge in [-0.05, 0) is 48.7 Å². The first kappa shape index (κ1) is 27.6. The van der Waals surface area contributed by atoms with Crippen LogP contribution in [0.3, 0.4) is 0 Å². The van der Waals surface area contributed by atoms with E-state index in [0.29, 0.717) is 31.9 Å². The molecule has 0 radical (unpaired) electrons. The second-order valence-corrected chi connectivity index (χ2v) is 12.1. The molecule has 6 nitrogen and oxygen atoms in total. The fourth-order valence-electron chi connectivity index (χ4n) is 5.32. The van der Waals surface area contributed by atoms with Crippen molar-refractivity contribution in [3.05, 3.63) is 131 Å². The molecule has 4 aromatic carbocycles. The zero-order valence-corrected chi connectivity index (χ0v) is 23.8. The third-order valence-corrected chi connectivity index (χ3v) is 9.31. The number of sulfonamides is 1. The number of para-hydroxylation sites is 1. The van der Waals surface area contributed by atoms with Crippen LogP contribution in [0, 0.1) is 13.8 Å². The summed E-state index contributed by atoms with van der Waals surface area (Å²) < 4.78 is 28.9. The van der Waals surface area contributed by atoms with Gasteiger partial charge in [-0.3, -0.25) is 14.0 Å². The maximum atomic E-state index is 13.8. The first-order valence-electron chi connectivity index (χ1n) is 13.6. The van der Waals surface area contributed by atoms with Crippen molar-refractivity contribution in [1.82, 2.24) is 9.80 Å². The van der Waals surface area contributed by atoms with Gasteiger partial charge in [-0.1, -0.05) is 96.6 Å². The Morgan fingerprint density at radius 3 is 1.80 bits per heavy atom. The lowest BCUT2D eigenvalue weighted by Crippen LogP contribution is -2.52. The highest BCUT2D eigenvalue weighted by Gasteiger charge is 2.32. The Morgan fingerprint density at radius 2 is 1.25 bits per heavy atom. The number of hydrogen-bond donors (Lipinski definition) is 0. The highest BCUT2D eigenvalue weighted by molar-refractivity contribution is 7.92. The number of benzene rings is 4. The summed E-state index contributed by atoms with van der Waals surface area (Å²) in [4.78, 5) is 18.0. The lowest BCUT2D eigenvalue weighted by Gasteiger charge is -2.40. The van der Waals surface area contributed by atoms with Crippen molar-refractivity contribution in [2.75, 3.05) is 37.0 Å². The number of aryl methyl sites for hydroxylation is 2. The molecule has 40 heavy (non-hydrogen) atoms. The van der Waals surface area contributed by atoms with E-state index in [9.17, 15) is 13.2 Å². The van der Waals surface area contributed by atoms with Crippen molar-refractivity contribution in [2.45, 2.75) is 24.8 Å². The maximum Gasteiger partial charge on any atom is 0.264 e. The number of rotatable bonds is 8. The van der Waals surface area contributed by atoms with Gasteiger partial charge in [-0.2, -0.15) is 0 Å². The van der Waals surface area contributed by atoms with Crippen LogP contribution < -0.4 is 4.31 Å². The van der Waals surface area contributed by atoms with Crippen LogP contribution in [0.1, 0.15) is 28.3 Å². The van der Waals surface area contributed by atoms with E-state index in [1.807, 2.05) is 38.1 Å². The standard InChI is InChI=1S/C33H35N3O3S/c1-26-17-19-30(20-18-26)40(38,39)36(31-16-10-9-11-27(31)2)25-32(37)34-21-23-35(24-22-34)33(28-12-5-3-6-13-28)29-14-7-4-8-15-29/h3-20,33H,21-25H2,1-2H3. The van der Waals surface area contributed by atoms with Gasteiger partial charge in [0.1, 0.15) is 6.54 Å². The van der Waals surface area contributed by atoms with Crippen LogP contribution >= 0.6 is 0 Å². The van der Waals surface area contributed by atoms with Crippen LogP contribution in [0.2, 0.25) is 0 Å². The molecule has 0 aromatic heterocycles. The van der Waals surface area contributed by atoms with Gasteiger partial charge in [-0.15, -0.1) is 0 Å². The fourth-order valence-corrected chi connectivity index (χ4v) is 6.80. The normalized spacial score (nSPS) is 14.3. The molecule has 1 saturated heterocycles. The molecule has 0 N–H and O–H groups in total. The second-order valence-electron chi connectivity index (χ2n) is 10.3. The van der Waals surface area contributed by atoms with Gasteiger partial charge in [-0.25, -0.2) is 8.42 Å². The molecule has 206 valence electrons. The molecule has 0 spiro atoms. The predicted octanol–water partition coefficient (Wildman–Crippen LogP) is 5.43. The fraction of sp³-hybridized carbons (Fsp3) is 0.242. The van der Waals surface area contributed by atoms with Gasteiger partial charge >= 0.3 is 0 Å². The van der Waals surface area contributed by atoms with E-state index in [2.05, 4.69) is 53.4 Å². The molecule has 0 unspecified atom stereocenters. The quantitative estimate of drug-likeness (QED) is 0.292. The lowest BCUT2D eigenvalue weighted by molar-refractivity contribution is -0.131. The van der Waals surface area contributed by atoms with Crippen LogP contribution in [0.4, 0.5) is 5.69 Å². The van der Waals surface area contributed by atoms with Crippen molar-refractivity contribution in [3.8, 4) is 0 Å². The van der Waals surface area contributed by atoms with Gasteiger partial charge < -0.3 is 4.90 Å². The molecular formula is C33H35N3O3S. The van der Waals surface area contributed by atoms with Crippen molar-refractivity contribution in [3.63, 3.8) is 0 Å². The van der Waals surface area contributed by atoms with E-state index in [4.69, 9.17) is 0 Å². The highest BCUT2D eigenvalue weighted by atomic mass is 32.2. The Bertz CT molecular complexity index is 1490. The van der Waals surface area contributed by atoms with Crippen LogP contribution in [0.25, 0.3) is 0 Å². The summed E-state index contributed by atoms with van der Waals surface area (Å²) in [6, 6.07) is 35.0. The predicted molar refractivity (Wildman–Crippen MR) is 160 cm³/mol. The number of amides is 1. The lowest BCUT2D eigenvalue weighted by atomic mass is 9.96. The smallest absolute Gasteiger partial charge is 0.264 e. The molecule has 0 bridgehead atoms. The third-order valence-electron chi connectivity index (χ3n) is 7.53. The average Bonchev–Trinajstić information content (AvgIpc) is 2.98. The minimum Gasteiger partial charge on any atom is -0.339 e.